The summed E-state index contributed by atoms with van der Waals surface area (Å²) < 4.78 is 5.42. The Balaban J connectivity index is 2.39. The molecule has 1 rings (SSSR count). The highest BCUT2D eigenvalue weighted by Crippen LogP contribution is 2.17. The first-order valence-electron chi connectivity index (χ1n) is 7.01. The average molecular weight is 293 g/mol. The second-order valence-corrected chi connectivity index (χ2v) is 4.72. The minimum absolute atomic E-state index is 0.0658. The van der Waals surface area contributed by atoms with Gasteiger partial charge in [0.1, 0.15) is 5.75 Å². The Morgan fingerprint density at radius 2 is 1.95 bits per heavy atom. The number of hydrogen-bond acceptors (Lipinski definition) is 4. The van der Waals surface area contributed by atoms with Crippen molar-refractivity contribution in [2.45, 2.75) is 19.8 Å². The van der Waals surface area contributed by atoms with Crippen LogP contribution in [0.4, 0.5) is 0 Å². The quantitative estimate of drug-likeness (QED) is 0.558. The van der Waals surface area contributed by atoms with Gasteiger partial charge < -0.3 is 10.1 Å². The van der Waals surface area contributed by atoms with E-state index in [0.29, 0.717) is 37.3 Å². The molecule has 0 aliphatic heterocycles. The van der Waals surface area contributed by atoms with Gasteiger partial charge in [0.15, 0.2) is 0 Å². The highest BCUT2D eigenvalue weighted by molar-refractivity contribution is 5.96. The van der Waals surface area contributed by atoms with Crippen LogP contribution in [-0.2, 0) is 4.79 Å². The molecule has 0 saturated carbocycles. The van der Waals surface area contributed by atoms with E-state index in [1.54, 1.807) is 37.3 Å². The van der Waals surface area contributed by atoms with E-state index in [1.165, 1.54) is 0 Å². The zero-order valence-electron chi connectivity index (χ0n) is 12.8. The van der Waals surface area contributed by atoms with E-state index in [9.17, 15) is 9.59 Å². The van der Waals surface area contributed by atoms with Gasteiger partial charge in [0.05, 0.1) is 12.2 Å². The normalized spacial score (nSPS) is 10.3. The van der Waals surface area contributed by atoms with Crippen LogP contribution in [0.5, 0.6) is 5.75 Å². The number of nitrogens with one attached hydrogen (secondary N) is 2. The lowest BCUT2D eigenvalue weighted by atomic mass is 10.2. The highest BCUT2D eigenvalue weighted by atomic mass is 16.5. The lowest BCUT2D eigenvalue weighted by Gasteiger charge is -2.12. The van der Waals surface area contributed by atoms with Gasteiger partial charge in [0.25, 0.3) is 5.91 Å². The van der Waals surface area contributed by atoms with Crippen LogP contribution in [0.2, 0.25) is 0 Å². The number of carbonyl (C=O) groups is 2. The number of hydrazine groups is 1. The molecule has 0 aliphatic carbocycles. The molecule has 0 aromatic heterocycles. The third kappa shape index (κ3) is 6.27. The topological polar surface area (TPSA) is 70.7 Å². The lowest BCUT2D eigenvalue weighted by Crippen LogP contribution is -2.36. The molecule has 6 heteroatoms. The Labute approximate surface area is 125 Å². The number of amides is 2. The maximum absolute atomic E-state index is 12.1. The van der Waals surface area contributed by atoms with Crippen molar-refractivity contribution in [3.05, 3.63) is 29.8 Å². The third-order valence-electron chi connectivity index (χ3n) is 2.65. The van der Waals surface area contributed by atoms with E-state index < -0.39 is 0 Å². The molecule has 0 radical (unpaired) electrons. The fraction of sp³-hybridized carbons (Fsp3) is 0.467. The number of rotatable bonds is 8. The largest absolute Gasteiger partial charge is 0.493 e. The molecule has 0 heterocycles. The van der Waals surface area contributed by atoms with Crippen LogP contribution in [0.15, 0.2) is 24.3 Å². The molecule has 6 nitrogen and oxygen atoms in total. The number of benzene rings is 1. The van der Waals surface area contributed by atoms with Crippen LogP contribution < -0.4 is 15.5 Å². The average Bonchev–Trinajstić information content (AvgIpc) is 2.43. The van der Waals surface area contributed by atoms with Gasteiger partial charge in [-0.05, 0) is 25.5 Å². The zero-order chi connectivity index (χ0) is 15.7. The second-order valence-electron chi connectivity index (χ2n) is 4.72. The minimum atomic E-state index is -0.188. The smallest absolute Gasteiger partial charge is 0.255 e. The molecular weight excluding hydrogens is 270 g/mol. The zero-order valence-corrected chi connectivity index (χ0v) is 12.8. The number of nitrogens with zero attached hydrogens (tertiary/aromatic N) is 1. The van der Waals surface area contributed by atoms with Crippen LogP contribution in [0.3, 0.4) is 0 Å². The van der Waals surface area contributed by atoms with E-state index in [2.05, 4.69) is 10.7 Å². The summed E-state index contributed by atoms with van der Waals surface area (Å²) in [6.45, 7) is 2.83. The summed E-state index contributed by atoms with van der Waals surface area (Å²) in [6.07, 6.45) is 0.952. The summed E-state index contributed by atoms with van der Waals surface area (Å²) in [5, 5.41) is 4.39. The highest BCUT2D eigenvalue weighted by Gasteiger charge is 2.11. The third-order valence-corrected chi connectivity index (χ3v) is 2.65. The van der Waals surface area contributed by atoms with Gasteiger partial charge >= 0.3 is 0 Å². The van der Waals surface area contributed by atoms with E-state index >= 15 is 0 Å². The van der Waals surface area contributed by atoms with Gasteiger partial charge in [-0.1, -0.05) is 12.1 Å². The Kier molecular flexibility index (Phi) is 7.25. The van der Waals surface area contributed by atoms with Gasteiger partial charge in [-0.15, -0.1) is 0 Å². The van der Waals surface area contributed by atoms with E-state index in [4.69, 9.17) is 4.74 Å². The van der Waals surface area contributed by atoms with E-state index in [-0.39, 0.29) is 11.8 Å². The summed E-state index contributed by atoms with van der Waals surface area (Å²) in [5.74, 6) is 0.318. The maximum atomic E-state index is 12.1. The molecule has 2 N–H and O–H groups in total. The molecule has 0 atom stereocenters. The molecule has 0 spiro atoms. The Morgan fingerprint density at radius 3 is 2.62 bits per heavy atom. The van der Waals surface area contributed by atoms with Crippen molar-refractivity contribution in [1.29, 1.82) is 0 Å². The fourth-order valence-electron chi connectivity index (χ4n) is 1.79. The van der Waals surface area contributed by atoms with Crippen molar-refractivity contribution in [2.24, 2.45) is 0 Å². The van der Waals surface area contributed by atoms with E-state index in [0.717, 1.165) is 0 Å². The van der Waals surface area contributed by atoms with E-state index in [1.807, 2.05) is 13.0 Å². The Hall–Kier alpha value is -2.08. The Morgan fingerprint density at radius 1 is 1.24 bits per heavy atom. The molecule has 0 aliphatic rings. The SMILES string of the molecule is CCOc1ccccc1C(=O)NCCCC(=O)NN(C)C. The summed E-state index contributed by atoms with van der Waals surface area (Å²) in [7, 11) is 3.51. The molecule has 0 unspecified atom stereocenters. The number of hydrogen-bond donors (Lipinski definition) is 2. The van der Waals surface area contributed by atoms with Crippen molar-refractivity contribution in [3.63, 3.8) is 0 Å². The molecule has 0 fully saturated rings. The predicted octanol–water partition coefficient (Wildman–Crippen LogP) is 1.19. The van der Waals surface area contributed by atoms with Gasteiger partial charge in [-0.3, -0.25) is 15.0 Å². The molecule has 116 valence electrons. The van der Waals surface area contributed by atoms with Crippen LogP contribution in [0.25, 0.3) is 0 Å². The molecular formula is C15H23N3O3. The number of ether oxygens (including phenoxy) is 1. The fourth-order valence-corrected chi connectivity index (χ4v) is 1.79. The standard InChI is InChI=1S/C15H23N3O3/c1-4-21-13-9-6-5-8-12(13)15(20)16-11-7-10-14(19)17-18(2)3/h5-6,8-9H,4,7,10-11H2,1-3H3,(H,16,20)(H,17,19). The van der Waals surface area contributed by atoms with Gasteiger partial charge in [-0.2, -0.15) is 0 Å². The number of para-hydroxylation sites is 1. The monoisotopic (exact) mass is 293 g/mol. The predicted molar refractivity (Wildman–Crippen MR) is 81.0 cm³/mol. The minimum Gasteiger partial charge on any atom is -0.493 e. The van der Waals surface area contributed by atoms with Crippen molar-refractivity contribution in [1.82, 2.24) is 15.8 Å². The molecule has 0 saturated heterocycles. The number of carbonyl (C=O) groups excluding carboxylic acids is 2. The lowest BCUT2D eigenvalue weighted by molar-refractivity contribution is -0.124. The Bertz CT molecular complexity index is 475. The first kappa shape index (κ1) is 17.0. The summed E-state index contributed by atoms with van der Waals surface area (Å²) >= 11 is 0. The van der Waals surface area contributed by atoms with Gasteiger partial charge in [0, 0.05) is 27.1 Å². The van der Waals surface area contributed by atoms with Crippen molar-refractivity contribution in [3.8, 4) is 5.75 Å². The van der Waals surface area contributed by atoms with Crippen LogP contribution in [-0.4, -0.2) is 44.1 Å². The first-order valence-corrected chi connectivity index (χ1v) is 7.01. The van der Waals surface area contributed by atoms with Gasteiger partial charge in [-0.25, -0.2) is 5.01 Å². The molecule has 1 aromatic carbocycles. The van der Waals surface area contributed by atoms with Crippen molar-refractivity contribution >= 4 is 11.8 Å². The molecule has 0 bridgehead atoms. The first-order chi connectivity index (χ1) is 10.0. The second kappa shape index (κ2) is 8.97. The molecule has 2 amide bonds. The van der Waals surface area contributed by atoms with Crippen molar-refractivity contribution < 1.29 is 14.3 Å². The van der Waals surface area contributed by atoms with Crippen LogP contribution in [0, 0.1) is 0 Å². The molecule has 1 aromatic rings. The maximum Gasteiger partial charge on any atom is 0.255 e. The summed E-state index contributed by atoms with van der Waals surface area (Å²) in [6, 6.07) is 7.11. The van der Waals surface area contributed by atoms with Crippen LogP contribution >= 0.6 is 0 Å². The summed E-state index contributed by atoms with van der Waals surface area (Å²) in [5.41, 5.74) is 3.16. The van der Waals surface area contributed by atoms with Crippen LogP contribution in [0.1, 0.15) is 30.1 Å². The van der Waals surface area contributed by atoms with Crippen molar-refractivity contribution in [2.75, 3.05) is 27.2 Å². The summed E-state index contributed by atoms with van der Waals surface area (Å²) in [4.78, 5) is 23.5. The molecule has 21 heavy (non-hydrogen) atoms. The van der Waals surface area contributed by atoms with Gasteiger partial charge in [0.2, 0.25) is 5.91 Å².